The summed E-state index contributed by atoms with van der Waals surface area (Å²) in [6.45, 7) is 6.51. The first-order valence-electron chi connectivity index (χ1n) is 12.6. The number of Topliss-reactive ketones (excluding diaryl/α,β-unsaturated/α-hetero) is 1. The van der Waals surface area contributed by atoms with Crippen molar-refractivity contribution in [1.82, 2.24) is 0 Å². The molecular weight excluding hydrogens is 498 g/mol. The summed E-state index contributed by atoms with van der Waals surface area (Å²) >= 11 is 0. The molecule has 1 saturated heterocycles. The van der Waals surface area contributed by atoms with Gasteiger partial charge in [0.25, 0.3) is 11.7 Å². The monoisotopic (exact) mass is 531 g/mol. The van der Waals surface area contributed by atoms with Gasteiger partial charge in [0, 0.05) is 11.3 Å². The Morgan fingerprint density at radius 3 is 2.08 bits per heavy atom. The van der Waals surface area contributed by atoms with Crippen molar-refractivity contribution in [2.45, 2.75) is 26.8 Å². The van der Waals surface area contributed by atoms with Gasteiger partial charge in [-0.2, -0.15) is 0 Å². The van der Waals surface area contributed by atoms with E-state index in [0.717, 1.165) is 5.56 Å². The molecule has 204 valence electrons. The van der Waals surface area contributed by atoms with Crippen LogP contribution in [0.3, 0.4) is 0 Å². The Kier molecular flexibility index (Phi) is 8.14. The molecule has 1 amide bonds. The Balaban J connectivity index is 1.92. The lowest BCUT2D eigenvalue weighted by molar-refractivity contribution is -0.132. The van der Waals surface area contributed by atoms with E-state index in [0.29, 0.717) is 52.3 Å². The SMILES string of the molecule is COc1cc(C2/C(=C(\O)c3ccc(OCC(C)C)cc3)C(=O)C(=O)N2c2ccccc2C)cc(OC)c1OC. The number of carbonyl (C=O) groups is 2. The van der Waals surface area contributed by atoms with Gasteiger partial charge < -0.3 is 24.1 Å². The molecule has 1 atom stereocenters. The second-order valence-corrected chi connectivity index (χ2v) is 9.64. The Hall–Kier alpha value is -4.46. The predicted molar refractivity (Wildman–Crippen MR) is 149 cm³/mol. The second-order valence-electron chi connectivity index (χ2n) is 9.64. The van der Waals surface area contributed by atoms with Gasteiger partial charge in [-0.25, -0.2) is 0 Å². The van der Waals surface area contributed by atoms with Gasteiger partial charge in [-0.05, 0) is 66.4 Å². The van der Waals surface area contributed by atoms with Crippen molar-refractivity contribution < 1.29 is 33.6 Å². The molecule has 0 radical (unpaired) electrons. The number of hydrogen-bond donors (Lipinski definition) is 1. The maximum absolute atomic E-state index is 13.6. The van der Waals surface area contributed by atoms with E-state index in [1.54, 1.807) is 48.5 Å². The number of aliphatic hydroxyl groups excluding tert-OH is 1. The van der Waals surface area contributed by atoms with Crippen LogP contribution in [-0.2, 0) is 9.59 Å². The summed E-state index contributed by atoms with van der Waals surface area (Å²) in [5.41, 5.74) is 2.18. The van der Waals surface area contributed by atoms with E-state index < -0.39 is 17.7 Å². The third kappa shape index (κ3) is 5.27. The molecule has 1 heterocycles. The molecule has 0 saturated carbocycles. The molecular formula is C31H33NO7. The molecule has 3 aromatic rings. The third-order valence-electron chi connectivity index (χ3n) is 6.53. The molecule has 1 aliphatic rings. The third-order valence-corrected chi connectivity index (χ3v) is 6.53. The highest BCUT2D eigenvalue weighted by Gasteiger charge is 2.47. The molecule has 39 heavy (non-hydrogen) atoms. The summed E-state index contributed by atoms with van der Waals surface area (Å²) in [6.07, 6.45) is 0. The van der Waals surface area contributed by atoms with Crippen LogP contribution in [0.15, 0.2) is 66.2 Å². The van der Waals surface area contributed by atoms with E-state index in [-0.39, 0.29) is 11.3 Å². The zero-order valence-electron chi connectivity index (χ0n) is 23.0. The largest absolute Gasteiger partial charge is 0.507 e. The average Bonchev–Trinajstić information content (AvgIpc) is 3.20. The normalized spacial score (nSPS) is 16.5. The van der Waals surface area contributed by atoms with Crippen molar-refractivity contribution in [1.29, 1.82) is 0 Å². The summed E-state index contributed by atoms with van der Waals surface area (Å²) in [6, 6.07) is 16.5. The summed E-state index contributed by atoms with van der Waals surface area (Å²) in [5, 5.41) is 11.5. The van der Waals surface area contributed by atoms with Gasteiger partial charge >= 0.3 is 0 Å². The van der Waals surface area contributed by atoms with Gasteiger partial charge in [-0.1, -0.05) is 32.0 Å². The van der Waals surface area contributed by atoms with Crippen molar-refractivity contribution in [2.75, 3.05) is 32.8 Å². The van der Waals surface area contributed by atoms with Crippen LogP contribution in [0.25, 0.3) is 5.76 Å². The van der Waals surface area contributed by atoms with Crippen LogP contribution < -0.4 is 23.8 Å². The molecule has 8 heteroatoms. The second kappa shape index (κ2) is 11.5. The predicted octanol–water partition coefficient (Wildman–Crippen LogP) is 5.68. The number of ether oxygens (including phenoxy) is 4. The van der Waals surface area contributed by atoms with Gasteiger partial charge in [-0.15, -0.1) is 0 Å². The first-order valence-corrected chi connectivity index (χ1v) is 12.6. The molecule has 0 spiro atoms. The molecule has 0 aliphatic carbocycles. The van der Waals surface area contributed by atoms with Crippen molar-refractivity contribution >= 4 is 23.1 Å². The van der Waals surface area contributed by atoms with E-state index in [1.807, 2.05) is 19.1 Å². The van der Waals surface area contributed by atoms with E-state index in [9.17, 15) is 14.7 Å². The van der Waals surface area contributed by atoms with Crippen molar-refractivity contribution in [2.24, 2.45) is 5.92 Å². The first kappa shape index (κ1) is 27.6. The number of nitrogens with zero attached hydrogens (tertiary/aromatic N) is 1. The topological polar surface area (TPSA) is 94.5 Å². The summed E-state index contributed by atoms with van der Waals surface area (Å²) in [7, 11) is 4.47. The highest BCUT2D eigenvalue weighted by atomic mass is 16.5. The van der Waals surface area contributed by atoms with E-state index in [2.05, 4.69) is 13.8 Å². The zero-order chi connectivity index (χ0) is 28.3. The Morgan fingerprint density at radius 1 is 0.923 bits per heavy atom. The molecule has 4 rings (SSSR count). The Bertz CT molecular complexity index is 1380. The van der Waals surface area contributed by atoms with E-state index in [4.69, 9.17) is 18.9 Å². The molecule has 3 aromatic carbocycles. The number of benzene rings is 3. The molecule has 1 fully saturated rings. The van der Waals surface area contributed by atoms with Crippen LogP contribution in [0.1, 0.15) is 36.6 Å². The first-order chi connectivity index (χ1) is 18.7. The average molecular weight is 532 g/mol. The van der Waals surface area contributed by atoms with E-state index >= 15 is 0 Å². The van der Waals surface area contributed by atoms with Crippen molar-refractivity contribution in [3.05, 3.63) is 82.9 Å². The minimum absolute atomic E-state index is 0.0478. The van der Waals surface area contributed by atoms with Crippen LogP contribution >= 0.6 is 0 Å². The van der Waals surface area contributed by atoms with Crippen LogP contribution in [0.4, 0.5) is 5.69 Å². The molecule has 8 nitrogen and oxygen atoms in total. The van der Waals surface area contributed by atoms with Crippen LogP contribution in [0.2, 0.25) is 0 Å². The Morgan fingerprint density at radius 2 is 1.54 bits per heavy atom. The zero-order valence-corrected chi connectivity index (χ0v) is 23.0. The fourth-order valence-electron chi connectivity index (χ4n) is 4.62. The molecule has 1 aliphatic heterocycles. The number of methoxy groups -OCH3 is 3. The lowest BCUT2D eigenvalue weighted by Crippen LogP contribution is -2.30. The summed E-state index contributed by atoms with van der Waals surface area (Å²) < 4.78 is 22.3. The molecule has 1 unspecified atom stereocenters. The number of carbonyl (C=O) groups excluding carboxylic acids is 2. The van der Waals surface area contributed by atoms with Crippen LogP contribution in [0, 0.1) is 12.8 Å². The van der Waals surface area contributed by atoms with Gasteiger partial charge in [0.2, 0.25) is 5.75 Å². The highest BCUT2D eigenvalue weighted by molar-refractivity contribution is 6.51. The summed E-state index contributed by atoms with van der Waals surface area (Å²) in [5.74, 6) is 0.238. The number of rotatable bonds is 9. The van der Waals surface area contributed by atoms with E-state index in [1.165, 1.54) is 26.2 Å². The minimum atomic E-state index is -0.961. The smallest absolute Gasteiger partial charge is 0.300 e. The van der Waals surface area contributed by atoms with Crippen molar-refractivity contribution in [3.63, 3.8) is 0 Å². The number of hydrogen-bond acceptors (Lipinski definition) is 7. The van der Waals surface area contributed by atoms with Gasteiger partial charge in [0.15, 0.2) is 11.5 Å². The maximum atomic E-state index is 13.6. The molecule has 0 aromatic heterocycles. The van der Waals surface area contributed by atoms with Gasteiger partial charge in [-0.3, -0.25) is 14.5 Å². The van der Waals surface area contributed by atoms with Crippen LogP contribution in [-0.4, -0.2) is 44.7 Å². The fraction of sp³-hybridized carbons (Fsp3) is 0.290. The maximum Gasteiger partial charge on any atom is 0.300 e. The number of anilines is 1. The van der Waals surface area contributed by atoms with Gasteiger partial charge in [0.1, 0.15) is 11.5 Å². The Labute approximate surface area is 228 Å². The standard InChI is InChI=1S/C31H33NO7/c1-18(2)17-39-22-13-11-20(12-14-22)28(33)26-27(21-15-24(36-4)30(38-6)25(16-21)37-5)32(31(35)29(26)34)23-10-8-7-9-19(23)3/h7-16,18,27,33H,17H2,1-6H3/b28-26+. The molecule has 0 bridgehead atoms. The lowest BCUT2D eigenvalue weighted by atomic mass is 9.94. The fourth-order valence-corrected chi connectivity index (χ4v) is 4.62. The quantitative estimate of drug-likeness (QED) is 0.216. The van der Waals surface area contributed by atoms with Gasteiger partial charge in [0.05, 0.1) is 39.6 Å². The van der Waals surface area contributed by atoms with Crippen molar-refractivity contribution in [3.8, 4) is 23.0 Å². The number of amides is 1. The minimum Gasteiger partial charge on any atom is -0.507 e. The number of ketones is 1. The van der Waals surface area contributed by atoms with Crippen LogP contribution in [0.5, 0.6) is 23.0 Å². The number of para-hydroxylation sites is 1. The number of aliphatic hydroxyl groups is 1. The highest BCUT2D eigenvalue weighted by Crippen LogP contribution is 2.47. The summed E-state index contributed by atoms with van der Waals surface area (Å²) in [4.78, 5) is 28.5. The number of aryl methyl sites for hydroxylation is 1. The molecule has 1 N–H and O–H groups in total. The lowest BCUT2D eigenvalue weighted by Gasteiger charge is -2.27.